The molecule has 0 saturated heterocycles. The summed E-state index contributed by atoms with van der Waals surface area (Å²) in [6.07, 6.45) is 0. The van der Waals surface area contributed by atoms with E-state index in [1.54, 1.807) is 6.92 Å². The highest BCUT2D eigenvalue weighted by atomic mass is 19.1. The maximum Gasteiger partial charge on any atom is 0.251 e. The number of amides is 1. The molecule has 1 amide bonds. The van der Waals surface area contributed by atoms with E-state index in [1.807, 2.05) is 18.2 Å². The molecule has 0 fully saturated rings. The second-order valence-electron chi connectivity index (χ2n) is 4.83. The average Bonchev–Trinajstić information content (AvgIpc) is 2.95. The Morgan fingerprint density at radius 3 is 2.81 bits per heavy atom. The van der Waals surface area contributed by atoms with Crippen molar-refractivity contribution in [3.8, 4) is 11.5 Å². The van der Waals surface area contributed by atoms with Crippen LogP contribution in [0.5, 0.6) is 11.5 Å². The molecule has 2 aromatic rings. The highest BCUT2D eigenvalue weighted by Gasteiger charge is 2.13. The Morgan fingerprint density at radius 1 is 1.19 bits per heavy atom. The molecular formula is C16H14FNO3. The largest absolute Gasteiger partial charge is 0.454 e. The normalized spacial score (nSPS) is 12.3. The molecule has 0 radical (unpaired) electrons. The van der Waals surface area contributed by atoms with E-state index >= 15 is 0 Å². The van der Waals surface area contributed by atoms with Gasteiger partial charge in [0.05, 0.1) is 0 Å². The van der Waals surface area contributed by atoms with E-state index in [0.717, 1.165) is 5.56 Å². The van der Waals surface area contributed by atoms with Crippen LogP contribution in [0.3, 0.4) is 0 Å². The monoisotopic (exact) mass is 287 g/mol. The highest BCUT2D eigenvalue weighted by molar-refractivity contribution is 5.94. The minimum absolute atomic E-state index is 0.222. The zero-order chi connectivity index (χ0) is 14.8. The first-order chi connectivity index (χ1) is 10.1. The molecular weight excluding hydrogens is 273 g/mol. The van der Waals surface area contributed by atoms with E-state index in [4.69, 9.17) is 9.47 Å². The number of halogens is 1. The number of aryl methyl sites for hydroxylation is 1. The van der Waals surface area contributed by atoms with Gasteiger partial charge < -0.3 is 14.8 Å². The molecule has 1 N–H and O–H groups in total. The van der Waals surface area contributed by atoms with Crippen LogP contribution in [0.25, 0.3) is 0 Å². The number of nitrogens with one attached hydrogen (secondary N) is 1. The molecule has 5 heteroatoms. The summed E-state index contributed by atoms with van der Waals surface area (Å²) in [5.41, 5.74) is 1.80. The lowest BCUT2D eigenvalue weighted by Crippen LogP contribution is -2.22. The first-order valence-corrected chi connectivity index (χ1v) is 6.56. The molecule has 1 aliphatic rings. The van der Waals surface area contributed by atoms with Crippen LogP contribution in [0.15, 0.2) is 36.4 Å². The fraction of sp³-hybridized carbons (Fsp3) is 0.188. The van der Waals surface area contributed by atoms with Crippen molar-refractivity contribution >= 4 is 5.91 Å². The maximum absolute atomic E-state index is 13.2. The van der Waals surface area contributed by atoms with E-state index < -0.39 is 0 Å². The second kappa shape index (κ2) is 5.44. The molecule has 0 bridgehead atoms. The summed E-state index contributed by atoms with van der Waals surface area (Å²) in [7, 11) is 0. The fourth-order valence-corrected chi connectivity index (χ4v) is 2.12. The summed E-state index contributed by atoms with van der Waals surface area (Å²) in [5.74, 6) is 0.830. The van der Waals surface area contributed by atoms with Crippen LogP contribution in [0, 0.1) is 12.7 Å². The second-order valence-corrected chi connectivity index (χ2v) is 4.83. The van der Waals surface area contributed by atoms with Crippen molar-refractivity contribution in [1.82, 2.24) is 5.32 Å². The molecule has 4 nitrogen and oxygen atoms in total. The van der Waals surface area contributed by atoms with Crippen LogP contribution in [-0.4, -0.2) is 12.7 Å². The molecule has 3 rings (SSSR count). The molecule has 108 valence electrons. The third-order valence-corrected chi connectivity index (χ3v) is 3.31. The van der Waals surface area contributed by atoms with E-state index in [2.05, 4.69) is 5.32 Å². The van der Waals surface area contributed by atoms with Gasteiger partial charge in [-0.3, -0.25) is 4.79 Å². The summed E-state index contributed by atoms with van der Waals surface area (Å²) >= 11 is 0. The van der Waals surface area contributed by atoms with E-state index in [9.17, 15) is 9.18 Å². The number of hydrogen-bond donors (Lipinski definition) is 1. The van der Waals surface area contributed by atoms with Gasteiger partial charge in [-0.25, -0.2) is 4.39 Å². The van der Waals surface area contributed by atoms with Crippen LogP contribution in [0.4, 0.5) is 4.39 Å². The minimum atomic E-state index is -0.317. The molecule has 0 saturated carbocycles. The number of hydrogen-bond acceptors (Lipinski definition) is 3. The minimum Gasteiger partial charge on any atom is -0.454 e. The highest BCUT2D eigenvalue weighted by Crippen LogP contribution is 2.32. The van der Waals surface area contributed by atoms with Gasteiger partial charge in [0.15, 0.2) is 11.5 Å². The van der Waals surface area contributed by atoms with Crippen molar-refractivity contribution in [1.29, 1.82) is 0 Å². The number of carbonyl (C=O) groups excluding carboxylic acids is 1. The Balaban J connectivity index is 1.67. The Labute approximate surface area is 121 Å². The first kappa shape index (κ1) is 13.4. The molecule has 2 aromatic carbocycles. The van der Waals surface area contributed by atoms with Crippen molar-refractivity contribution in [2.24, 2.45) is 0 Å². The van der Waals surface area contributed by atoms with Gasteiger partial charge >= 0.3 is 0 Å². The SMILES string of the molecule is Cc1cc(C(=O)NCc2ccc3c(c2)OCO3)ccc1F. The molecule has 0 unspecified atom stereocenters. The van der Waals surface area contributed by atoms with Gasteiger partial charge in [-0.1, -0.05) is 6.07 Å². The van der Waals surface area contributed by atoms with E-state index in [1.165, 1.54) is 18.2 Å². The predicted molar refractivity (Wildman–Crippen MR) is 74.9 cm³/mol. The van der Waals surface area contributed by atoms with Crippen molar-refractivity contribution in [3.63, 3.8) is 0 Å². The molecule has 0 aromatic heterocycles. The van der Waals surface area contributed by atoms with Crippen molar-refractivity contribution < 1.29 is 18.7 Å². The first-order valence-electron chi connectivity index (χ1n) is 6.56. The van der Waals surface area contributed by atoms with Crippen LogP contribution in [0.1, 0.15) is 21.5 Å². The van der Waals surface area contributed by atoms with Gasteiger partial charge in [-0.05, 0) is 48.4 Å². The Morgan fingerprint density at radius 2 is 2.00 bits per heavy atom. The zero-order valence-electron chi connectivity index (χ0n) is 11.5. The predicted octanol–water partition coefficient (Wildman–Crippen LogP) is 2.79. The molecule has 0 aliphatic carbocycles. The number of benzene rings is 2. The van der Waals surface area contributed by atoms with Gasteiger partial charge in [-0.15, -0.1) is 0 Å². The van der Waals surface area contributed by atoms with E-state index in [-0.39, 0.29) is 18.5 Å². The van der Waals surface area contributed by atoms with Crippen LogP contribution >= 0.6 is 0 Å². The van der Waals surface area contributed by atoms with Gasteiger partial charge in [0.25, 0.3) is 5.91 Å². The fourth-order valence-electron chi connectivity index (χ4n) is 2.12. The van der Waals surface area contributed by atoms with Crippen molar-refractivity contribution in [2.75, 3.05) is 6.79 Å². The lowest BCUT2D eigenvalue weighted by atomic mass is 10.1. The average molecular weight is 287 g/mol. The lowest BCUT2D eigenvalue weighted by molar-refractivity contribution is 0.0950. The Kier molecular flexibility index (Phi) is 3.48. The van der Waals surface area contributed by atoms with Crippen LogP contribution < -0.4 is 14.8 Å². The van der Waals surface area contributed by atoms with Gasteiger partial charge in [0.2, 0.25) is 6.79 Å². The van der Waals surface area contributed by atoms with Gasteiger partial charge in [-0.2, -0.15) is 0 Å². The number of fused-ring (bicyclic) bond motifs is 1. The van der Waals surface area contributed by atoms with Crippen LogP contribution in [-0.2, 0) is 6.54 Å². The summed E-state index contributed by atoms with van der Waals surface area (Å²) in [5, 5.41) is 2.80. The topological polar surface area (TPSA) is 47.6 Å². The smallest absolute Gasteiger partial charge is 0.251 e. The molecule has 1 heterocycles. The van der Waals surface area contributed by atoms with Crippen LogP contribution in [0.2, 0.25) is 0 Å². The standard InChI is InChI=1S/C16H14FNO3/c1-10-6-12(3-4-13(10)17)16(19)18-8-11-2-5-14-15(7-11)21-9-20-14/h2-7H,8-9H2,1H3,(H,18,19). The molecule has 0 atom stereocenters. The summed E-state index contributed by atoms with van der Waals surface area (Å²) in [4.78, 5) is 12.0. The summed E-state index contributed by atoms with van der Waals surface area (Å²) in [6.45, 7) is 2.22. The third-order valence-electron chi connectivity index (χ3n) is 3.31. The third kappa shape index (κ3) is 2.81. The lowest BCUT2D eigenvalue weighted by Gasteiger charge is -2.07. The number of rotatable bonds is 3. The quantitative estimate of drug-likeness (QED) is 0.944. The van der Waals surface area contributed by atoms with Gasteiger partial charge in [0, 0.05) is 12.1 Å². The number of ether oxygens (including phenoxy) is 2. The van der Waals surface area contributed by atoms with E-state index in [0.29, 0.717) is 29.2 Å². The van der Waals surface area contributed by atoms with Crippen molar-refractivity contribution in [2.45, 2.75) is 13.5 Å². The summed E-state index contributed by atoms with van der Waals surface area (Å²) in [6, 6.07) is 9.81. The molecule has 0 spiro atoms. The summed E-state index contributed by atoms with van der Waals surface area (Å²) < 4.78 is 23.7. The number of carbonyl (C=O) groups is 1. The molecule has 21 heavy (non-hydrogen) atoms. The van der Waals surface area contributed by atoms with Crippen molar-refractivity contribution in [3.05, 3.63) is 58.9 Å². The molecule has 1 aliphatic heterocycles. The zero-order valence-corrected chi connectivity index (χ0v) is 11.5. The maximum atomic E-state index is 13.2. The Bertz CT molecular complexity index is 700. The van der Waals surface area contributed by atoms with Gasteiger partial charge in [0.1, 0.15) is 5.82 Å². The Hall–Kier alpha value is -2.56.